The number of thioether (sulfide) groups is 1. The lowest BCUT2D eigenvalue weighted by atomic mass is 9.85. The van der Waals surface area contributed by atoms with Gasteiger partial charge in [-0.1, -0.05) is 28.1 Å². The smallest absolute Gasteiger partial charge is 0.0713 e. The average Bonchev–Trinajstić information content (AvgIpc) is 2.46. The first-order valence-corrected chi connectivity index (χ1v) is 9.40. The minimum atomic E-state index is 0.179. The van der Waals surface area contributed by atoms with Crippen LogP contribution >= 0.6 is 27.7 Å². The van der Waals surface area contributed by atoms with Crippen molar-refractivity contribution >= 4 is 27.7 Å². The summed E-state index contributed by atoms with van der Waals surface area (Å²) in [5.74, 6) is 2.52. The quantitative estimate of drug-likeness (QED) is 0.885. The molecule has 4 heteroatoms. The van der Waals surface area contributed by atoms with Crippen LogP contribution in [0.4, 0.5) is 0 Å². The van der Waals surface area contributed by atoms with E-state index in [4.69, 9.17) is 4.74 Å². The number of benzene rings is 1. The van der Waals surface area contributed by atoms with Gasteiger partial charge in [-0.2, -0.15) is 11.8 Å². The first-order valence-electron chi connectivity index (χ1n) is 7.45. The molecule has 2 saturated heterocycles. The van der Waals surface area contributed by atoms with Crippen molar-refractivity contribution in [2.45, 2.75) is 43.9 Å². The summed E-state index contributed by atoms with van der Waals surface area (Å²) in [6, 6.07) is 9.16. The number of hydrogen-bond donors (Lipinski definition) is 1. The van der Waals surface area contributed by atoms with Gasteiger partial charge >= 0.3 is 0 Å². The summed E-state index contributed by atoms with van der Waals surface area (Å²) in [6.45, 7) is 1.87. The van der Waals surface area contributed by atoms with Gasteiger partial charge in [0.05, 0.1) is 5.60 Å². The van der Waals surface area contributed by atoms with E-state index in [1.807, 2.05) is 0 Å². The van der Waals surface area contributed by atoms with Gasteiger partial charge in [0.2, 0.25) is 0 Å². The van der Waals surface area contributed by atoms with Gasteiger partial charge in [0.1, 0.15) is 0 Å². The number of hydrogen-bond acceptors (Lipinski definition) is 3. The number of halogens is 1. The number of ether oxygens (including phenoxy) is 1. The zero-order valence-electron chi connectivity index (χ0n) is 11.7. The Hall–Kier alpha value is -0.0300. The van der Waals surface area contributed by atoms with Crippen LogP contribution in [0.25, 0.3) is 0 Å². The summed E-state index contributed by atoms with van der Waals surface area (Å²) in [4.78, 5) is 0. The highest BCUT2D eigenvalue weighted by Gasteiger charge is 2.38. The largest absolute Gasteiger partial charge is 0.375 e. The van der Waals surface area contributed by atoms with Crippen LogP contribution in [0.1, 0.15) is 31.2 Å². The Bertz CT molecular complexity index is 442. The van der Waals surface area contributed by atoms with Gasteiger partial charge in [-0.15, -0.1) is 0 Å². The summed E-state index contributed by atoms with van der Waals surface area (Å²) >= 11 is 5.61. The fraction of sp³-hybridized carbons (Fsp3) is 0.625. The van der Waals surface area contributed by atoms with Crippen molar-refractivity contribution in [3.05, 3.63) is 34.3 Å². The molecule has 0 radical (unpaired) electrons. The lowest BCUT2D eigenvalue weighted by Crippen LogP contribution is -2.48. The number of nitrogens with one attached hydrogen (secondary N) is 1. The van der Waals surface area contributed by atoms with E-state index in [0.717, 1.165) is 24.0 Å². The van der Waals surface area contributed by atoms with Crippen molar-refractivity contribution < 1.29 is 4.74 Å². The lowest BCUT2D eigenvalue weighted by molar-refractivity contribution is -0.0933. The molecular formula is C16H22BrNOS. The zero-order chi connectivity index (χ0) is 13.8. The Morgan fingerprint density at radius 2 is 2.20 bits per heavy atom. The molecule has 2 aliphatic heterocycles. The molecule has 2 nitrogen and oxygen atoms in total. The van der Waals surface area contributed by atoms with Gasteiger partial charge in [0.15, 0.2) is 0 Å². The summed E-state index contributed by atoms with van der Waals surface area (Å²) in [5, 5.41) is 3.73. The Kier molecular flexibility index (Phi) is 5.08. The molecule has 1 aromatic carbocycles. The van der Waals surface area contributed by atoms with Crippen molar-refractivity contribution in [3.63, 3.8) is 0 Å². The van der Waals surface area contributed by atoms with Gasteiger partial charge in [-0.25, -0.2) is 0 Å². The van der Waals surface area contributed by atoms with Gasteiger partial charge < -0.3 is 10.1 Å². The number of rotatable bonds is 3. The Morgan fingerprint density at radius 3 is 3.00 bits per heavy atom. The molecule has 2 fully saturated rings. The minimum absolute atomic E-state index is 0.179. The van der Waals surface area contributed by atoms with E-state index >= 15 is 0 Å². The van der Waals surface area contributed by atoms with E-state index in [0.29, 0.717) is 6.04 Å². The molecule has 110 valence electrons. The van der Waals surface area contributed by atoms with Gasteiger partial charge in [-0.05, 0) is 54.9 Å². The highest BCUT2D eigenvalue weighted by atomic mass is 79.9. The maximum atomic E-state index is 6.15. The molecule has 20 heavy (non-hydrogen) atoms. The Balaban J connectivity index is 1.55. The third-order valence-corrected chi connectivity index (χ3v) is 5.86. The summed E-state index contributed by atoms with van der Waals surface area (Å²) < 4.78 is 7.30. The molecule has 2 heterocycles. The second-order valence-corrected chi connectivity index (χ2v) is 7.98. The predicted molar refractivity (Wildman–Crippen MR) is 89.2 cm³/mol. The molecule has 3 rings (SSSR count). The maximum Gasteiger partial charge on any atom is 0.0713 e. The molecule has 1 aromatic rings. The lowest BCUT2D eigenvalue weighted by Gasteiger charge is -2.43. The van der Waals surface area contributed by atoms with E-state index < -0.39 is 0 Å². The van der Waals surface area contributed by atoms with Gasteiger partial charge in [0.25, 0.3) is 0 Å². The van der Waals surface area contributed by atoms with E-state index in [1.54, 1.807) is 0 Å². The fourth-order valence-corrected chi connectivity index (χ4v) is 4.89. The fourth-order valence-electron chi connectivity index (χ4n) is 3.20. The first kappa shape index (κ1) is 14.9. The van der Waals surface area contributed by atoms with Crippen LogP contribution < -0.4 is 5.32 Å². The van der Waals surface area contributed by atoms with E-state index in [-0.39, 0.29) is 5.60 Å². The summed E-state index contributed by atoms with van der Waals surface area (Å²) in [6.07, 6.45) is 4.78. The second-order valence-electron chi connectivity index (χ2n) is 5.84. The van der Waals surface area contributed by atoms with E-state index in [9.17, 15) is 0 Å². The topological polar surface area (TPSA) is 21.3 Å². The van der Waals surface area contributed by atoms with Crippen LogP contribution in [0.5, 0.6) is 0 Å². The molecule has 0 amide bonds. The molecule has 1 N–H and O–H groups in total. The third kappa shape index (κ3) is 3.79. The average molecular weight is 356 g/mol. The molecule has 0 aliphatic carbocycles. The monoisotopic (exact) mass is 355 g/mol. The molecule has 2 aliphatic rings. The third-order valence-electron chi connectivity index (χ3n) is 4.38. The zero-order valence-corrected chi connectivity index (χ0v) is 14.1. The molecule has 1 unspecified atom stereocenters. The molecule has 0 bridgehead atoms. The van der Waals surface area contributed by atoms with Crippen molar-refractivity contribution in [1.82, 2.24) is 5.32 Å². The van der Waals surface area contributed by atoms with E-state index in [1.165, 1.54) is 36.3 Å². The van der Waals surface area contributed by atoms with Crippen LogP contribution in [0.3, 0.4) is 0 Å². The van der Waals surface area contributed by atoms with Crippen LogP contribution in [-0.4, -0.2) is 29.8 Å². The first-order chi connectivity index (χ1) is 9.76. The van der Waals surface area contributed by atoms with Crippen LogP contribution in [-0.2, 0) is 11.3 Å². The molecule has 0 aromatic heterocycles. The van der Waals surface area contributed by atoms with Crippen LogP contribution in [0.2, 0.25) is 0 Å². The molecular weight excluding hydrogens is 334 g/mol. The van der Waals surface area contributed by atoms with E-state index in [2.05, 4.69) is 57.3 Å². The normalized spacial score (nSPS) is 25.8. The van der Waals surface area contributed by atoms with Crippen LogP contribution in [0.15, 0.2) is 28.7 Å². The maximum absolute atomic E-state index is 6.15. The van der Waals surface area contributed by atoms with Gasteiger partial charge in [-0.3, -0.25) is 0 Å². The Labute approximate surface area is 134 Å². The minimum Gasteiger partial charge on any atom is -0.375 e. The second kappa shape index (κ2) is 6.82. The standard InChI is InChI=1S/C16H22BrNOS/c17-14-3-1-2-13(10-14)12-18-15-4-7-19-16(11-15)5-8-20-9-6-16/h1-3,10,15,18H,4-9,11-12H2. The van der Waals surface area contributed by atoms with Crippen LogP contribution in [0, 0.1) is 0 Å². The highest BCUT2D eigenvalue weighted by Crippen LogP contribution is 2.37. The predicted octanol–water partition coefficient (Wildman–Crippen LogP) is 3.98. The van der Waals surface area contributed by atoms with Gasteiger partial charge in [0, 0.05) is 23.7 Å². The highest BCUT2D eigenvalue weighted by molar-refractivity contribution is 9.10. The summed E-state index contributed by atoms with van der Waals surface area (Å²) in [5.41, 5.74) is 1.53. The van der Waals surface area contributed by atoms with Crippen molar-refractivity contribution in [3.8, 4) is 0 Å². The van der Waals surface area contributed by atoms with Crippen molar-refractivity contribution in [1.29, 1.82) is 0 Å². The van der Waals surface area contributed by atoms with Crippen molar-refractivity contribution in [2.24, 2.45) is 0 Å². The Morgan fingerprint density at radius 1 is 1.35 bits per heavy atom. The van der Waals surface area contributed by atoms with Crippen molar-refractivity contribution in [2.75, 3.05) is 18.1 Å². The molecule has 0 saturated carbocycles. The SMILES string of the molecule is Brc1cccc(CNC2CCOC3(CCSCC3)C2)c1. The molecule has 1 atom stereocenters. The molecule has 1 spiro atoms. The summed E-state index contributed by atoms with van der Waals surface area (Å²) in [7, 11) is 0.